The molecule has 0 saturated heterocycles. The van der Waals surface area contributed by atoms with Gasteiger partial charge in [-0.1, -0.05) is 6.07 Å². The summed E-state index contributed by atoms with van der Waals surface area (Å²) in [5.41, 5.74) is 2.03. The van der Waals surface area contributed by atoms with E-state index in [2.05, 4.69) is 5.32 Å². The van der Waals surface area contributed by atoms with Gasteiger partial charge in [0.1, 0.15) is 0 Å². The first-order chi connectivity index (χ1) is 9.63. The number of nitro benzene ring substituents is 1. The Hall–Kier alpha value is -2.34. The van der Waals surface area contributed by atoms with Gasteiger partial charge in [0.25, 0.3) is 0 Å². The molecule has 1 N–H and O–H groups in total. The maximum atomic E-state index is 11.0. The minimum atomic E-state index is -0.426. The smallest absolute Gasteiger partial charge is 0.311 e. The van der Waals surface area contributed by atoms with Crippen molar-refractivity contribution in [1.29, 1.82) is 0 Å². The SMILES string of the molecule is CNCc1ccn(Cc2ccc(OC)c([N+](=O)[O-])c2)c1. The van der Waals surface area contributed by atoms with Crippen LogP contribution in [0, 0.1) is 10.1 Å². The number of nitrogens with one attached hydrogen (secondary N) is 1. The van der Waals surface area contributed by atoms with Crippen LogP contribution in [0.5, 0.6) is 5.75 Å². The molecule has 0 aliphatic heterocycles. The zero-order valence-electron chi connectivity index (χ0n) is 11.5. The van der Waals surface area contributed by atoms with Crippen LogP contribution in [-0.2, 0) is 13.1 Å². The Morgan fingerprint density at radius 1 is 1.35 bits per heavy atom. The highest BCUT2D eigenvalue weighted by molar-refractivity contribution is 5.48. The fourth-order valence-electron chi connectivity index (χ4n) is 2.08. The molecule has 2 rings (SSSR count). The van der Waals surface area contributed by atoms with Crippen molar-refractivity contribution in [2.24, 2.45) is 0 Å². The Labute approximate surface area is 117 Å². The molecule has 0 unspecified atom stereocenters. The zero-order valence-corrected chi connectivity index (χ0v) is 11.5. The van der Waals surface area contributed by atoms with E-state index in [4.69, 9.17) is 4.74 Å². The Bertz CT molecular complexity index is 607. The van der Waals surface area contributed by atoms with E-state index in [1.165, 1.54) is 12.7 Å². The van der Waals surface area contributed by atoms with Gasteiger partial charge < -0.3 is 14.6 Å². The second kappa shape index (κ2) is 6.21. The number of rotatable bonds is 6. The molecule has 1 heterocycles. The number of hydrogen-bond donors (Lipinski definition) is 1. The molecular weight excluding hydrogens is 258 g/mol. The first kappa shape index (κ1) is 14.1. The third-order valence-corrected chi connectivity index (χ3v) is 3.00. The molecule has 20 heavy (non-hydrogen) atoms. The van der Waals surface area contributed by atoms with Gasteiger partial charge in [-0.25, -0.2) is 0 Å². The molecule has 0 radical (unpaired) electrons. The molecular formula is C14H17N3O3. The number of methoxy groups -OCH3 is 1. The van der Waals surface area contributed by atoms with E-state index >= 15 is 0 Å². The van der Waals surface area contributed by atoms with Crippen LogP contribution in [0.15, 0.2) is 36.7 Å². The molecule has 0 bridgehead atoms. The van der Waals surface area contributed by atoms with Crippen molar-refractivity contribution in [3.8, 4) is 5.75 Å². The summed E-state index contributed by atoms with van der Waals surface area (Å²) in [7, 11) is 3.32. The molecule has 0 atom stereocenters. The minimum Gasteiger partial charge on any atom is -0.490 e. The van der Waals surface area contributed by atoms with Crippen LogP contribution in [0.4, 0.5) is 5.69 Å². The van der Waals surface area contributed by atoms with E-state index in [0.717, 1.165) is 12.1 Å². The summed E-state index contributed by atoms with van der Waals surface area (Å²) in [6.07, 6.45) is 3.98. The highest BCUT2D eigenvalue weighted by Gasteiger charge is 2.15. The standard InChI is InChI=1S/C14H17N3O3/c1-15-8-12-5-6-16(10-12)9-11-3-4-14(20-2)13(7-11)17(18)19/h3-7,10,15H,8-9H2,1-2H3. The first-order valence-electron chi connectivity index (χ1n) is 6.24. The van der Waals surface area contributed by atoms with Crippen LogP contribution in [-0.4, -0.2) is 23.6 Å². The van der Waals surface area contributed by atoms with Crippen molar-refractivity contribution in [3.05, 3.63) is 57.9 Å². The summed E-state index contributed by atoms with van der Waals surface area (Å²) in [5.74, 6) is 0.280. The van der Waals surface area contributed by atoms with Crippen LogP contribution < -0.4 is 10.1 Å². The summed E-state index contributed by atoms with van der Waals surface area (Å²) in [6, 6.07) is 7.04. The summed E-state index contributed by atoms with van der Waals surface area (Å²) in [5, 5.41) is 14.1. The molecule has 0 fully saturated rings. The van der Waals surface area contributed by atoms with Gasteiger partial charge in [0.2, 0.25) is 0 Å². The predicted octanol–water partition coefficient (Wildman–Crippen LogP) is 2.17. The molecule has 1 aromatic carbocycles. The van der Waals surface area contributed by atoms with Gasteiger partial charge in [0, 0.05) is 31.5 Å². The number of hydrogen-bond acceptors (Lipinski definition) is 4. The maximum absolute atomic E-state index is 11.0. The molecule has 2 aromatic rings. The number of nitrogens with zero attached hydrogens (tertiary/aromatic N) is 2. The number of nitro groups is 1. The second-order valence-electron chi connectivity index (χ2n) is 4.49. The van der Waals surface area contributed by atoms with E-state index in [-0.39, 0.29) is 11.4 Å². The summed E-state index contributed by atoms with van der Waals surface area (Å²) in [4.78, 5) is 10.6. The molecule has 0 saturated carbocycles. The lowest BCUT2D eigenvalue weighted by atomic mass is 10.2. The summed E-state index contributed by atoms with van der Waals surface area (Å²) >= 11 is 0. The monoisotopic (exact) mass is 275 g/mol. The molecule has 106 valence electrons. The van der Waals surface area contributed by atoms with E-state index in [0.29, 0.717) is 6.54 Å². The largest absolute Gasteiger partial charge is 0.490 e. The lowest BCUT2D eigenvalue weighted by Crippen LogP contribution is -2.04. The molecule has 0 spiro atoms. The van der Waals surface area contributed by atoms with Gasteiger partial charge in [0.15, 0.2) is 5.75 Å². The Morgan fingerprint density at radius 2 is 2.15 bits per heavy atom. The summed E-state index contributed by atoms with van der Waals surface area (Å²) < 4.78 is 6.99. The topological polar surface area (TPSA) is 69.3 Å². The summed E-state index contributed by atoms with van der Waals surface area (Å²) in [6.45, 7) is 1.39. The van der Waals surface area contributed by atoms with Crippen LogP contribution in [0.1, 0.15) is 11.1 Å². The third-order valence-electron chi connectivity index (χ3n) is 3.00. The van der Waals surface area contributed by atoms with Gasteiger partial charge in [-0.2, -0.15) is 0 Å². The lowest BCUT2D eigenvalue weighted by molar-refractivity contribution is -0.385. The Kier molecular flexibility index (Phi) is 4.37. The Morgan fingerprint density at radius 3 is 2.80 bits per heavy atom. The normalized spacial score (nSPS) is 10.5. The Balaban J connectivity index is 2.20. The maximum Gasteiger partial charge on any atom is 0.311 e. The highest BCUT2D eigenvalue weighted by atomic mass is 16.6. The predicted molar refractivity (Wildman–Crippen MR) is 75.9 cm³/mol. The lowest BCUT2D eigenvalue weighted by Gasteiger charge is -2.06. The van der Waals surface area contributed by atoms with Crippen LogP contribution in [0.3, 0.4) is 0 Å². The molecule has 0 aliphatic carbocycles. The quantitative estimate of drug-likeness (QED) is 0.648. The minimum absolute atomic E-state index is 0.00685. The fourth-order valence-corrected chi connectivity index (χ4v) is 2.08. The van der Waals surface area contributed by atoms with Crippen LogP contribution in [0.25, 0.3) is 0 Å². The van der Waals surface area contributed by atoms with Crippen molar-refractivity contribution in [1.82, 2.24) is 9.88 Å². The average molecular weight is 275 g/mol. The molecule has 6 nitrogen and oxygen atoms in total. The number of ether oxygens (including phenoxy) is 1. The van der Waals surface area contributed by atoms with Crippen LogP contribution >= 0.6 is 0 Å². The van der Waals surface area contributed by atoms with Crippen molar-refractivity contribution < 1.29 is 9.66 Å². The van der Waals surface area contributed by atoms with E-state index in [1.807, 2.05) is 36.1 Å². The molecule has 1 aromatic heterocycles. The molecule has 0 aliphatic rings. The van der Waals surface area contributed by atoms with Gasteiger partial charge in [0.05, 0.1) is 12.0 Å². The van der Waals surface area contributed by atoms with Crippen molar-refractivity contribution in [3.63, 3.8) is 0 Å². The highest BCUT2D eigenvalue weighted by Crippen LogP contribution is 2.27. The van der Waals surface area contributed by atoms with Gasteiger partial charge >= 0.3 is 5.69 Å². The average Bonchev–Trinajstić information content (AvgIpc) is 2.86. The van der Waals surface area contributed by atoms with Crippen molar-refractivity contribution in [2.75, 3.05) is 14.2 Å². The van der Waals surface area contributed by atoms with E-state index < -0.39 is 4.92 Å². The van der Waals surface area contributed by atoms with Crippen LogP contribution in [0.2, 0.25) is 0 Å². The van der Waals surface area contributed by atoms with Gasteiger partial charge in [-0.3, -0.25) is 10.1 Å². The molecule has 0 amide bonds. The fraction of sp³-hybridized carbons (Fsp3) is 0.286. The van der Waals surface area contributed by atoms with E-state index in [9.17, 15) is 10.1 Å². The second-order valence-corrected chi connectivity index (χ2v) is 4.49. The van der Waals surface area contributed by atoms with Crippen molar-refractivity contribution >= 4 is 5.69 Å². The van der Waals surface area contributed by atoms with Gasteiger partial charge in [-0.05, 0) is 30.3 Å². The van der Waals surface area contributed by atoms with E-state index in [1.54, 1.807) is 12.1 Å². The van der Waals surface area contributed by atoms with Gasteiger partial charge in [-0.15, -0.1) is 0 Å². The first-order valence-corrected chi connectivity index (χ1v) is 6.24. The number of aromatic nitrogens is 1. The zero-order chi connectivity index (χ0) is 14.5. The van der Waals surface area contributed by atoms with Crippen molar-refractivity contribution in [2.45, 2.75) is 13.1 Å². The third kappa shape index (κ3) is 3.16. The number of benzene rings is 1. The molecule has 6 heteroatoms.